The van der Waals surface area contributed by atoms with Crippen LogP contribution in [0.1, 0.15) is 31.2 Å². The maximum Gasteiger partial charge on any atom is 0.167 e. The van der Waals surface area contributed by atoms with Crippen molar-refractivity contribution in [1.29, 1.82) is 0 Å². The molecule has 9 heteroatoms. The Morgan fingerprint density at radius 2 is 1.93 bits per heavy atom. The third-order valence-electron chi connectivity index (χ3n) is 5.07. The maximum atomic E-state index is 10.3. The van der Waals surface area contributed by atoms with E-state index in [1.807, 2.05) is 18.2 Å². The Balaban J connectivity index is 1.66. The summed E-state index contributed by atoms with van der Waals surface area (Å²) in [5, 5.41) is 33.0. The van der Waals surface area contributed by atoms with E-state index in [2.05, 4.69) is 39.3 Å². The molecule has 9 nitrogen and oxygen atoms in total. The molecule has 1 fully saturated rings. The fourth-order valence-corrected chi connectivity index (χ4v) is 3.53. The number of fused-ring (bicyclic) bond motifs is 1. The molecule has 28 heavy (non-hydrogen) atoms. The Bertz CT molecular complexity index is 934. The average molecular weight is 385 g/mol. The van der Waals surface area contributed by atoms with Crippen molar-refractivity contribution in [2.45, 2.75) is 43.9 Å². The summed E-state index contributed by atoms with van der Waals surface area (Å²) in [4.78, 5) is 13.0. The first-order chi connectivity index (χ1) is 13.6. The molecule has 4 rings (SSSR count). The first-order valence-corrected chi connectivity index (χ1v) is 9.25. The highest BCUT2D eigenvalue weighted by Crippen LogP contribution is 2.32. The van der Waals surface area contributed by atoms with Gasteiger partial charge in [-0.2, -0.15) is 0 Å². The third-order valence-corrected chi connectivity index (χ3v) is 5.07. The molecule has 3 heterocycles. The lowest BCUT2D eigenvalue weighted by atomic mass is 10.0. The quantitative estimate of drug-likeness (QED) is 0.495. The van der Waals surface area contributed by atoms with Crippen molar-refractivity contribution < 1.29 is 20.1 Å². The summed E-state index contributed by atoms with van der Waals surface area (Å²) in [6.07, 6.45) is -0.375. The molecule has 3 aromatic rings. The van der Waals surface area contributed by atoms with Gasteiger partial charge in [0.15, 0.2) is 23.2 Å². The van der Waals surface area contributed by atoms with Crippen molar-refractivity contribution >= 4 is 17.0 Å². The van der Waals surface area contributed by atoms with Crippen molar-refractivity contribution in [3.8, 4) is 0 Å². The fraction of sp³-hybridized carbons (Fsp3) is 0.421. The molecule has 0 bridgehead atoms. The number of aromatic nitrogens is 4. The summed E-state index contributed by atoms with van der Waals surface area (Å²) in [7, 11) is 0. The monoisotopic (exact) mass is 385 g/mol. The number of rotatable bonds is 6. The van der Waals surface area contributed by atoms with Gasteiger partial charge in [0.1, 0.15) is 24.6 Å². The van der Waals surface area contributed by atoms with Gasteiger partial charge in [0.25, 0.3) is 0 Å². The van der Waals surface area contributed by atoms with Crippen molar-refractivity contribution in [2.24, 2.45) is 0 Å². The van der Waals surface area contributed by atoms with Crippen molar-refractivity contribution in [1.82, 2.24) is 19.5 Å². The largest absolute Gasteiger partial charge is 0.394 e. The number of anilines is 1. The van der Waals surface area contributed by atoms with E-state index in [0.717, 1.165) is 12.0 Å². The second-order valence-corrected chi connectivity index (χ2v) is 6.79. The molecule has 1 aliphatic heterocycles. The van der Waals surface area contributed by atoms with Crippen LogP contribution < -0.4 is 5.32 Å². The Kier molecular flexibility index (Phi) is 5.23. The van der Waals surface area contributed by atoms with Crippen LogP contribution in [0.3, 0.4) is 0 Å². The summed E-state index contributed by atoms with van der Waals surface area (Å²) < 4.78 is 7.14. The number of hydrogen-bond acceptors (Lipinski definition) is 8. The van der Waals surface area contributed by atoms with Crippen LogP contribution in [0.5, 0.6) is 0 Å². The van der Waals surface area contributed by atoms with Gasteiger partial charge < -0.3 is 25.4 Å². The van der Waals surface area contributed by atoms with Gasteiger partial charge in [-0.3, -0.25) is 4.57 Å². The van der Waals surface area contributed by atoms with E-state index in [0.29, 0.717) is 17.0 Å². The number of nitrogens with zero attached hydrogens (tertiary/aromatic N) is 4. The molecule has 1 unspecified atom stereocenters. The first-order valence-electron chi connectivity index (χ1n) is 9.25. The second kappa shape index (κ2) is 7.80. The number of imidazole rings is 1. The topological polar surface area (TPSA) is 126 Å². The fourth-order valence-electron chi connectivity index (χ4n) is 3.53. The normalized spacial score (nSPS) is 25.9. The van der Waals surface area contributed by atoms with Crippen LogP contribution in [0.15, 0.2) is 43.0 Å². The molecule has 0 radical (unpaired) electrons. The zero-order valence-corrected chi connectivity index (χ0v) is 15.4. The molecule has 4 N–H and O–H groups in total. The third kappa shape index (κ3) is 3.22. The molecule has 0 saturated carbocycles. The van der Waals surface area contributed by atoms with Gasteiger partial charge >= 0.3 is 0 Å². The maximum absolute atomic E-state index is 10.3. The molecule has 1 saturated heterocycles. The number of benzene rings is 1. The van der Waals surface area contributed by atoms with Gasteiger partial charge in [0, 0.05) is 0 Å². The minimum absolute atomic E-state index is 0.0540. The van der Waals surface area contributed by atoms with E-state index in [1.165, 1.54) is 12.7 Å². The Hall–Kier alpha value is -2.59. The molecule has 0 spiro atoms. The molecule has 0 amide bonds. The lowest BCUT2D eigenvalue weighted by molar-refractivity contribution is -0.0511. The number of ether oxygens (including phenoxy) is 1. The van der Waals surface area contributed by atoms with E-state index in [9.17, 15) is 15.3 Å². The van der Waals surface area contributed by atoms with Crippen LogP contribution in [-0.2, 0) is 4.74 Å². The molecular weight excluding hydrogens is 362 g/mol. The molecule has 5 atom stereocenters. The van der Waals surface area contributed by atoms with E-state index in [4.69, 9.17) is 4.74 Å². The summed E-state index contributed by atoms with van der Waals surface area (Å²) >= 11 is 0. The van der Waals surface area contributed by atoms with Crippen LogP contribution in [0, 0.1) is 0 Å². The lowest BCUT2D eigenvalue weighted by Crippen LogP contribution is -2.33. The van der Waals surface area contributed by atoms with Crippen LogP contribution >= 0.6 is 0 Å². The Morgan fingerprint density at radius 1 is 1.14 bits per heavy atom. The predicted octanol–water partition coefficient (Wildman–Crippen LogP) is 1.00. The van der Waals surface area contributed by atoms with Crippen LogP contribution in [-0.4, -0.2) is 59.8 Å². The van der Waals surface area contributed by atoms with Gasteiger partial charge in [-0.25, -0.2) is 15.0 Å². The zero-order chi connectivity index (χ0) is 19.7. The first kappa shape index (κ1) is 18.8. The van der Waals surface area contributed by atoms with Gasteiger partial charge in [-0.15, -0.1) is 0 Å². The van der Waals surface area contributed by atoms with E-state index < -0.39 is 31.1 Å². The van der Waals surface area contributed by atoms with E-state index in [-0.39, 0.29) is 6.04 Å². The highest BCUT2D eigenvalue weighted by Gasteiger charge is 2.44. The summed E-state index contributed by atoms with van der Waals surface area (Å²) in [6, 6.07) is 10.1. The number of hydrogen-bond donors (Lipinski definition) is 4. The minimum Gasteiger partial charge on any atom is -0.394 e. The van der Waals surface area contributed by atoms with Crippen LogP contribution in [0.4, 0.5) is 5.82 Å². The van der Waals surface area contributed by atoms with E-state index >= 15 is 0 Å². The molecular formula is C19H23N5O4. The standard InChI is InChI=1S/C19H23N5O4/c1-2-12(11-6-4-3-5-7-11)23-17-14-18(21-9-20-17)24(10-22-14)19-16(27)15(26)13(8-25)28-19/h3-7,9-10,12-13,15-16,19,25-27H,2,8H2,1H3,(H,20,21,23)/t12?,13-,15-,16-,19-/m1/s1. The molecule has 0 aliphatic carbocycles. The van der Waals surface area contributed by atoms with Crippen molar-refractivity contribution in [3.63, 3.8) is 0 Å². The van der Waals surface area contributed by atoms with E-state index in [1.54, 1.807) is 4.57 Å². The molecule has 2 aromatic heterocycles. The smallest absolute Gasteiger partial charge is 0.167 e. The van der Waals surface area contributed by atoms with Crippen molar-refractivity contribution in [2.75, 3.05) is 11.9 Å². The van der Waals surface area contributed by atoms with Gasteiger partial charge in [0.2, 0.25) is 0 Å². The Morgan fingerprint density at radius 3 is 2.61 bits per heavy atom. The highest BCUT2D eigenvalue weighted by atomic mass is 16.6. The highest BCUT2D eigenvalue weighted by molar-refractivity contribution is 5.83. The second-order valence-electron chi connectivity index (χ2n) is 6.79. The molecule has 1 aliphatic rings. The minimum atomic E-state index is -1.20. The predicted molar refractivity (Wildman–Crippen MR) is 101 cm³/mol. The number of aliphatic hydroxyl groups excluding tert-OH is 3. The summed E-state index contributed by atoms with van der Waals surface area (Å²) in [6.45, 7) is 1.69. The van der Waals surface area contributed by atoms with Gasteiger partial charge in [-0.1, -0.05) is 37.3 Å². The zero-order valence-electron chi connectivity index (χ0n) is 15.4. The Labute approximate surface area is 161 Å². The van der Waals surface area contributed by atoms with Crippen LogP contribution in [0.25, 0.3) is 11.2 Å². The van der Waals surface area contributed by atoms with Crippen LogP contribution in [0.2, 0.25) is 0 Å². The molecule has 1 aromatic carbocycles. The average Bonchev–Trinajstić information content (AvgIpc) is 3.28. The SMILES string of the molecule is CCC(Nc1ncnc2c1ncn2[C@@H]1O[C@H](CO)[C@@H](O)[C@H]1O)c1ccccc1. The molecule has 148 valence electrons. The lowest BCUT2D eigenvalue weighted by Gasteiger charge is -2.19. The van der Waals surface area contributed by atoms with Crippen molar-refractivity contribution in [3.05, 3.63) is 48.5 Å². The summed E-state index contributed by atoms with van der Waals surface area (Å²) in [5.74, 6) is 0.575. The number of aliphatic hydroxyl groups is 3. The number of nitrogens with one attached hydrogen (secondary N) is 1. The summed E-state index contributed by atoms with van der Waals surface area (Å²) in [5.41, 5.74) is 2.14. The van der Waals surface area contributed by atoms with Gasteiger partial charge in [0.05, 0.1) is 19.0 Å². The van der Waals surface area contributed by atoms with Gasteiger partial charge in [-0.05, 0) is 12.0 Å².